The van der Waals surface area contributed by atoms with Gasteiger partial charge in [-0.15, -0.1) is 0 Å². The van der Waals surface area contributed by atoms with Gasteiger partial charge < -0.3 is 69.4 Å². The summed E-state index contributed by atoms with van der Waals surface area (Å²) in [7, 11) is 2.92. The number of piperazine rings is 1. The van der Waals surface area contributed by atoms with Gasteiger partial charge in [0.05, 0.1) is 48.0 Å². The first-order valence-corrected chi connectivity index (χ1v) is 33.7. The molecular formula is C70H91ClF3N7O17. The number of aromatic nitrogens is 2. The van der Waals surface area contributed by atoms with Gasteiger partial charge >= 0.3 is 12.1 Å². The molecule has 3 aromatic rings. The number of ether oxygens (including phenoxy) is 5. The van der Waals surface area contributed by atoms with Gasteiger partial charge in [-0.2, -0.15) is 18.3 Å². The highest BCUT2D eigenvalue weighted by Crippen LogP contribution is 2.40. The van der Waals surface area contributed by atoms with Crippen LogP contribution in [0.5, 0.6) is 5.75 Å². The van der Waals surface area contributed by atoms with Crippen LogP contribution in [0.15, 0.2) is 84.6 Å². The second-order valence-corrected chi connectivity index (χ2v) is 27.1. The number of carbonyl (C=O) groups excluding carboxylic acids is 8. The van der Waals surface area contributed by atoms with Crippen molar-refractivity contribution < 1.29 is 95.6 Å². The van der Waals surface area contributed by atoms with E-state index in [4.69, 9.17) is 35.3 Å². The Morgan fingerprint density at radius 1 is 0.837 bits per heavy atom. The number of esters is 1. The lowest BCUT2D eigenvalue weighted by Crippen LogP contribution is -2.64. The second-order valence-electron chi connectivity index (χ2n) is 26.7. The number of rotatable bonds is 16. The van der Waals surface area contributed by atoms with Crippen LogP contribution in [-0.4, -0.2) is 200 Å². The lowest BCUT2D eigenvalue weighted by atomic mass is 9.81. The van der Waals surface area contributed by atoms with Crippen molar-refractivity contribution in [2.45, 2.75) is 179 Å². The quantitative estimate of drug-likeness (QED) is 0.0349. The highest BCUT2D eigenvalue weighted by atomic mass is 35.5. The van der Waals surface area contributed by atoms with E-state index in [1.54, 1.807) is 18.7 Å². The fourth-order valence-electron chi connectivity index (χ4n) is 13.9. The summed E-state index contributed by atoms with van der Waals surface area (Å²) in [6.45, 7) is 12.3. The molecule has 2 bridgehead atoms. The number of piperidine rings is 1. The van der Waals surface area contributed by atoms with Crippen molar-refractivity contribution >= 4 is 70.0 Å². The summed E-state index contributed by atoms with van der Waals surface area (Å²) in [5.41, 5.74) is -0.795. The number of nitrogens with zero attached hydrogens (tertiary/aromatic N) is 5. The molecule has 0 radical (unpaired) electrons. The van der Waals surface area contributed by atoms with Gasteiger partial charge in [0.1, 0.15) is 29.8 Å². The zero-order valence-electron chi connectivity index (χ0n) is 56.3. The fourth-order valence-corrected chi connectivity index (χ4v) is 14.2. The summed E-state index contributed by atoms with van der Waals surface area (Å²) in [6.07, 6.45) is -3.38. The Morgan fingerprint density at radius 2 is 1.50 bits per heavy atom. The summed E-state index contributed by atoms with van der Waals surface area (Å²) >= 11 is 6.13. The Labute approximate surface area is 572 Å². The molecule has 28 heteroatoms. The molecule has 98 heavy (non-hydrogen) atoms. The van der Waals surface area contributed by atoms with Gasteiger partial charge in [-0.1, -0.05) is 56.7 Å². The molecule has 0 spiro atoms. The number of hydrogen-bond acceptors (Lipinski definition) is 18. The van der Waals surface area contributed by atoms with Crippen LogP contribution in [-0.2, 0) is 58.7 Å². The lowest BCUT2D eigenvalue weighted by Gasteiger charge is -2.46. The molecule has 6 N–H and O–H groups in total. The minimum absolute atomic E-state index is 0.00942. The predicted molar refractivity (Wildman–Crippen MR) is 352 cm³/mol. The van der Waals surface area contributed by atoms with Crippen LogP contribution in [0.1, 0.15) is 134 Å². The van der Waals surface area contributed by atoms with Gasteiger partial charge in [0.2, 0.25) is 17.6 Å². The first-order chi connectivity index (χ1) is 46.4. The number of carbonyl (C=O) groups is 8. The van der Waals surface area contributed by atoms with Gasteiger partial charge in [-0.05, 0) is 150 Å². The third-order valence-electron chi connectivity index (χ3n) is 19.4. The zero-order valence-corrected chi connectivity index (χ0v) is 57.1. The van der Waals surface area contributed by atoms with Crippen LogP contribution in [0, 0.1) is 29.6 Å². The number of alkyl halides is 3. The molecule has 4 fully saturated rings. The summed E-state index contributed by atoms with van der Waals surface area (Å²) < 4.78 is 74.0. The van der Waals surface area contributed by atoms with E-state index in [0.717, 1.165) is 22.7 Å². The minimum Gasteiger partial charge on any atom is -0.484 e. The molecule has 1 saturated carbocycles. The number of benzene rings is 2. The van der Waals surface area contributed by atoms with Crippen molar-refractivity contribution in [3.8, 4) is 11.4 Å². The molecular weight excluding hydrogens is 1300 g/mol. The number of nitrogens with one attached hydrogen (secondary N) is 2. The van der Waals surface area contributed by atoms with Gasteiger partial charge in [0.25, 0.3) is 23.5 Å². The van der Waals surface area contributed by atoms with E-state index < -0.39 is 132 Å². The Balaban J connectivity index is 0.922. The smallest absolute Gasteiger partial charge is 0.434 e. The maximum atomic E-state index is 14.7. The first-order valence-electron chi connectivity index (χ1n) is 33.4. The van der Waals surface area contributed by atoms with Gasteiger partial charge in [0.15, 0.2) is 12.3 Å². The monoisotopic (exact) mass is 1390 g/mol. The van der Waals surface area contributed by atoms with Crippen LogP contribution in [0.4, 0.5) is 24.5 Å². The Kier molecular flexibility index (Phi) is 26.2. The van der Waals surface area contributed by atoms with E-state index in [2.05, 4.69) is 22.3 Å². The van der Waals surface area contributed by atoms with E-state index in [9.17, 15) is 72.0 Å². The maximum Gasteiger partial charge on any atom is 0.434 e. The third-order valence-corrected chi connectivity index (χ3v) is 19.6. The number of ketones is 2. The number of aliphatic hydroxyl groups excluding tert-OH is 3. The molecule has 24 nitrogen and oxygen atoms in total. The van der Waals surface area contributed by atoms with Crippen molar-refractivity contribution in [1.29, 1.82) is 0 Å². The van der Waals surface area contributed by atoms with Gasteiger partial charge in [-0.25, -0.2) is 9.48 Å². The maximum absolute atomic E-state index is 14.7. The average molecular weight is 1390 g/mol. The van der Waals surface area contributed by atoms with Crippen molar-refractivity contribution in [3.63, 3.8) is 0 Å². The number of amides is 5. The average Bonchev–Trinajstić information content (AvgIpc) is 1.18. The molecule has 1 aliphatic carbocycles. The summed E-state index contributed by atoms with van der Waals surface area (Å²) in [6, 6.07) is 7.89. The standard InChI is InChI=1S/C70H91ClF3N7O17/c1-9-59(86)76-47-33-46(71)34-48(35-47)77-66(90)51-37-75-81(64(51)70(72,73)74)49-17-19-50(20-18-49)96-38-61(88)79-25-23-78(24-26-79)60(87)15-12-13-45-28-39(2)27-40(3)29-58(95-8)63-56(85)31-42(5)69(93,98-63)65(89)67(91)80-22-11-10-14-52(80)68(92)97-62(43(6)54(83)36-55(45)84)41(4)30-44-16-21-53(82)57(32-44)94-7/h9,17-20,28,30,33-35,37,40,42-45,52-54,56-58,62-63,82-83,85,93H,1,10-16,21-27,29,31-32,36,38H2,2-8H3,(H,76,86)(H,77,90)/b39-28+,41-30+/t40-,42+,43+,44-,45+,52-,53+,54-,56-,57+,58-,62+,63-,69+/m0/s1. The fraction of sp³-hybridized carbons (Fsp3) is 0.586. The molecule has 536 valence electrons. The number of hydrogen-bond donors (Lipinski definition) is 6. The van der Waals surface area contributed by atoms with E-state index in [-0.39, 0.29) is 129 Å². The number of methoxy groups -OCH3 is 2. The Hall–Kier alpha value is -7.37. The van der Waals surface area contributed by atoms with Gasteiger partial charge in [0, 0.05) is 93.9 Å². The number of anilines is 2. The molecule has 2 aromatic carbocycles. The van der Waals surface area contributed by atoms with Crippen molar-refractivity contribution in [2.75, 3.05) is 64.2 Å². The minimum atomic E-state index is -5.06. The van der Waals surface area contributed by atoms with Crippen LogP contribution >= 0.6 is 11.6 Å². The van der Waals surface area contributed by atoms with Crippen LogP contribution in [0.25, 0.3) is 5.69 Å². The van der Waals surface area contributed by atoms with Crippen molar-refractivity contribution in [1.82, 2.24) is 24.5 Å². The summed E-state index contributed by atoms with van der Waals surface area (Å²) in [5.74, 6) is -11.7. The molecule has 14 atom stereocenters. The first kappa shape index (κ1) is 76.4. The normalized spacial score (nSPS) is 29.7. The number of cyclic esters (lactones) is 1. The van der Waals surface area contributed by atoms with E-state index >= 15 is 0 Å². The van der Waals surface area contributed by atoms with Crippen LogP contribution < -0.4 is 15.4 Å². The summed E-state index contributed by atoms with van der Waals surface area (Å²) in [5, 5.41) is 55.1. The Bertz CT molecular complexity index is 3450. The number of halogens is 4. The SMILES string of the molecule is C=CC(=O)Nc1cc(Cl)cc(NC(=O)c2cnn(-c3ccc(OCC(=O)N4CCN(C(=O)CCC[C@@H]5/C=C(\C)C[C@H](C)C[C@H](OC)[C@H]6O[C@@](O)(C(=O)C(=O)N7CCCC[C@H]7C(=O)O[C@H](/C(C)=C/[C@@H]7CC[C@@H](O)[C@H](OC)C7)[C@H](C)[C@@H](O)CC5=O)[C@H](C)C[C@@H]6O)CC4)cc3)c2C(F)(F)F)c1. The lowest BCUT2D eigenvalue weighted by molar-refractivity contribution is -0.300. The number of fused-ring (bicyclic) bond motifs is 3. The predicted octanol–water partition coefficient (Wildman–Crippen LogP) is 7.56. The molecule has 5 heterocycles. The number of Topliss-reactive ketones (excluding diaryl/α,β-unsaturated/α-hetero) is 2. The van der Waals surface area contributed by atoms with Gasteiger partial charge in [-0.3, -0.25) is 33.6 Å². The zero-order chi connectivity index (χ0) is 71.5. The molecule has 5 aliphatic rings. The third kappa shape index (κ3) is 18.9. The van der Waals surface area contributed by atoms with Crippen molar-refractivity contribution in [3.05, 3.63) is 101 Å². The highest BCUT2D eigenvalue weighted by molar-refractivity contribution is 6.39. The van der Waals surface area contributed by atoms with Crippen molar-refractivity contribution in [2.24, 2.45) is 29.6 Å². The highest BCUT2D eigenvalue weighted by Gasteiger charge is 2.56. The topological polar surface area (TPSA) is 315 Å². The Morgan fingerprint density at radius 3 is 2.15 bits per heavy atom. The second kappa shape index (κ2) is 33.7. The van der Waals surface area contributed by atoms with E-state index in [1.807, 2.05) is 26.0 Å². The van der Waals surface area contributed by atoms with Crippen LogP contribution in [0.3, 0.4) is 0 Å². The largest absolute Gasteiger partial charge is 0.484 e. The number of aliphatic hydroxyl groups is 4. The summed E-state index contributed by atoms with van der Waals surface area (Å²) in [4.78, 5) is 115. The molecule has 8 rings (SSSR count). The van der Waals surface area contributed by atoms with E-state index in [1.165, 1.54) is 68.5 Å². The molecule has 0 unspecified atom stereocenters. The molecule has 5 amide bonds. The van der Waals surface area contributed by atoms with E-state index in [0.29, 0.717) is 48.8 Å². The van der Waals surface area contributed by atoms with Crippen LogP contribution in [0.2, 0.25) is 5.02 Å². The molecule has 3 saturated heterocycles. The number of allylic oxidation sites excluding steroid dienone is 3. The molecule has 1 aromatic heterocycles. The molecule has 4 aliphatic heterocycles.